The molecule has 174 valence electrons. The van der Waals surface area contributed by atoms with Crippen molar-refractivity contribution in [2.24, 2.45) is 0 Å². The van der Waals surface area contributed by atoms with Gasteiger partial charge in [-0.05, 0) is 77.7 Å². The number of aromatic nitrogens is 1. The van der Waals surface area contributed by atoms with E-state index in [9.17, 15) is 4.79 Å². The lowest BCUT2D eigenvalue weighted by Crippen LogP contribution is -2.00. The minimum atomic E-state index is -0.907. The van der Waals surface area contributed by atoms with E-state index in [1.54, 1.807) is 12.1 Å². The lowest BCUT2D eigenvalue weighted by Gasteiger charge is -2.10. The summed E-state index contributed by atoms with van der Waals surface area (Å²) < 4.78 is 12.0. The number of benzene rings is 4. The first-order valence-electron chi connectivity index (χ1n) is 11.6. The fourth-order valence-corrected chi connectivity index (χ4v) is 4.01. The zero-order valence-electron chi connectivity index (χ0n) is 19.2. The number of pyridine rings is 1. The summed E-state index contributed by atoms with van der Waals surface area (Å²) in [5.74, 6) is 0.691. The van der Waals surface area contributed by atoms with Crippen LogP contribution in [-0.2, 0) is 13.0 Å². The van der Waals surface area contributed by atoms with Crippen LogP contribution in [-0.4, -0.2) is 22.7 Å². The Labute approximate surface area is 203 Å². The Morgan fingerprint density at radius 2 is 1.46 bits per heavy atom. The van der Waals surface area contributed by atoms with Gasteiger partial charge in [-0.15, -0.1) is 0 Å². The van der Waals surface area contributed by atoms with Crippen LogP contribution >= 0.6 is 0 Å². The maximum atomic E-state index is 11.0. The van der Waals surface area contributed by atoms with E-state index in [1.165, 1.54) is 0 Å². The average molecular weight is 464 g/mol. The number of rotatable bonds is 9. The van der Waals surface area contributed by atoms with Gasteiger partial charge in [-0.3, -0.25) is 0 Å². The molecule has 0 spiro atoms. The molecule has 1 aromatic heterocycles. The molecule has 1 heterocycles. The van der Waals surface area contributed by atoms with Gasteiger partial charge in [0.1, 0.15) is 18.1 Å². The molecular formula is C30H25NO4. The van der Waals surface area contributed by atoms with E-state index in [1.807, 2.05) is 72.8 Å². The summed E-state index contributed by atoms with van der Waals surface area (Å²) in [6.07, 6.45) is 1.67. The van der Waals surface area contributed by atoms with Crippen LogP contribution in [0.4, 0.5) is 0 Å². The molecule has 0 bridgehead atoms. The molecule has 0 aliphatic carbocycles. The molecule has 5 heteroatoms. The van der Waals surface area contributed by atoms with E-state index in [4.69, 9.17) is 14.6 Å². The SMILES string of the molecule is O=C(O)c1ccc(CCCOc2ccc3ccc(OCc4ccc5ccccc5n4)cc3c2)cc1. The van der Waals surface area contributed by atoms with Crippen LogP contribution in [0.1, 0.15) is 28.0 Å². The van der Waals surface area contributed by atoms with Crippen molar-refractivity contribution < 1.29 is 19.4 Å². The Balaban J connectivity index is 1.17. The van der Waals surface area contributed by atoms with Crippen molar-refractivity contribution in [2.75, 3.05) is 6.61 Å². The molecule has 35 heavy (non-hydrogen) atoms. The molecule has 0 aliphatic rings. The van der Waals surface area contributed by atoms with E-state index in [0.29, 0.717) is 18.8 Å². The summed E-state index contributed by atoms with van der Waals surface area (Å²) in [5, 5.41) is 12.3. The van der Waals surface area contributed by atoms with Crippen LogP contribution in [0.3, 0.4) is 0 Å². The van der Waals surface area contributed by atoms with Gasteiger partial charge in [0.2, 0.25) is 0 Å². The number of fused-ring (bicyclic) bond motifs is 2. The highest BCUT2D eigenvalue weighted by molar-refractivity contribution is 5.87. The van der Waals surface area contributed by atoms with Gasteiger partial charge >= 0.3 is 5.97 Å². The van der Waals surface area contributed by atoms with Crippen LogP contribution in [0.5, 0.6) is 11.5 Å². The second kappa shape index (κ2) is 10.3. The first-order chi connectivity index (χ1) is 17.1. The van der Waals surface area contributed by atoms with Gasteiger partial charge in [-0.2, -0.15) is 0 Å². The summed E-state index contributed by atoms with van der Waals surface area (Å²) in [7, 11) is 0. The maximum absolute atomic E-state index is 11.0. The Hall–Kier alpha value is -4.38. The van der Waals surface area contributed by atoms with E-state index >= 15 is 0 Å². The zero-order valence-corrected chi connectivity index (χ0v) is 19.2. The normalized spacial score (nSPS) is 11.0. The van der Waals surface area contributed by atoms with Gasteiger partial charge in [0.25, 0.3) is 0 Å². The molecular weight excluding hydrogens is 438 g/mol. The predicted molar refractivity (Wildman–Crippen MR) is 137 cm³/mol. The number of hydrogen-bond acceptors (Lipinski definition) is 4. The van der Waals surface area contributed by atoms with Crippen LogP contribution in [0.25, 0.3) is 21.7 Å². The minimum absolute atomic E-state index is 0.304. The number of ether oxygens (including phenoxy) is 2. The first kappa shape index (κ1) is 22.4. The first-order valence-corrected chi connectivity index (χ1v) is 11.6. The second-order valence-corrected chi connectivity index (χ2v) is 8.41. The van der Waals surface area contributed by atoms with Crippen molar-refractivity contribution in [3.63, 3.8) is 0 Å². The molecule has 0 saturated carbocycles. The molecule has 5 nitrogen and oxygen atoms in total. The van der Waals surface area contributed by atoms with E-state index in [2.05, 4.69) is 17.1 Å². The van der Waals surface area contributed by atoms with Gasteiger partial charge in [-0.25, -0.2) is 9.78 Å². The molecule has 0 amide bonds. The molecule has 0 unspecified atom stereocenters. The lowest BCUT2D eigenvalue weighted by atomic mass is 10.1. The number of hydrogen-bond donors (Lipinski definition) is 1. The number of para-hydroxylation sites is 1. The van der Waals surface area contributed by atoms with Crippen molar-refractivity contribution in [1.29, 1.82) is 0 Å². The Morgan fingerprint density at radius 1 is 0.743 bits per heavy atom. The molecule has 0 radical (unpaired) electrons. The van der Waals surface area contributed by atoms with Crippen molar-refractivity contribution in [3.05, 3.63) is 114 Å². The number of aromatic carboxylic acids is 1. The number of aryl methyl sites for hydroxylation is 1. The molecule has 5 rings (SSSR count). The highest BCUT2D eigenvalue weighted by Crippen LogP contribution is 2.26. The van der Waals surface area contributed by atoms with E-state index < -0.39 is 5.97 Å². The van der Waals surface area contributed by atoms with Gasteiger partial charge in [0.05, 0.1) is 23.4 Å². The monoisotopic (exact) mass is 463 g/mol. The number of carbonyl (C=O) groups is 1. The quantitative estimate of drug-likeness (QED) is 0.247. The molecule has 0 aliphatic heterocycles. The predicted octanol–water partition coefficient (Wildman–Crippen LogP) is 6.68. The second-order valence-electron chi connectivity index (χ2n) is 8.41. The summed E-state index contributed by atoms with van der Waals surface area (Å²) in [6.45, 7) is 0.982. The third kappa shape index (κ3) is 5.58. The zero-order chi connectivity index (χ0) is 24.0. The summed E-state index contributed by atoms with van der Waals surface area (Å²) in [4.78, 5) is 15.6. The highest BCUT2D eigenvalue weighted by Gasteiger charge is 2.04. The third-order valence-electron chi connectivity index (χ3n) is 5.91. The minimum Gasteiger partial charge on any atom is -0.494 e. The largest absolute Gasteiger partial charge is 0.494 e. The Morgan fingerprint density at radius 3 is 2.23 bits per heavy atom. The summed E-state index contributed by atoms with van der Waals surface area (Å²) in [6, 6.07) is 31.2. The molecule has 0 saturated heterocycles. The average Bonchev–Trinajstić information content (AvgIpc) is 2.90. The Bertz CT molecular complexity index is 1480. The van der Waals surface area contributed by atoms with Gasteiger partial charge < -0.3 is 14.6 Å². The van der Waals surface area contributed by atoms with Gasteiger partial charge in [-0.1, -0.05) is 48.5 Å². The summed E-state index contributed by atoms with van der Waals surface area (Å²) in [5.41, 5.74) is 3.25. The fourth-order valence-electron chi connectivity index (χ4n) is 4.01. The Kier molecular flexibility index (Phi) is 6.57. The number of nitrogens with zero attached hydrogens (tertiary/aromatic N) is 1. The van der Waals surface area contributed by atoms with Crippen molar-refractivity contribution in [1.82, 2.24) is 4.98 Å². The standard InChI is InChI=1S/C30H25NO4/c32-30(33)24-9-7-21(8-10-24)4-3-17-34-27-15-12-22-13-16-28(19-25(22)18-27)35-20-26-14-11-23-5-1-2-6-29(23)31-26/h1-2,5-16,18-19H,3-4,17,20H2,(H,32,33). The molecule has 0 atom stereocenters. The molecule has 1 N–H and O–H groups in total. The van der Waals surface area contributed by atoms with Crippen molar-refractivity contribution in [2.45, 2.75) is 19.4 Å². The third-order valence-corrected chi connectivity index (χ3v) is 5.91. The number of carboxylic acids is 1. The van der Waals surface area contributed by atoms with E-state index in [-0.39, 0.29) is 0 Å². The lowest BCUT2D eigenvalue weighted by molar-refractivity contribution is 0.0697. The van der Waals surface area contributed by atoms with Crippen LogP contribution in [0.15, 0.2) is 97.1 Å². The molecule has 4 aromatic carbocycles. The number of carboxylic acid groups (broad SMARTS) is 1. The van der Waals surface area contributed by atoms with E-state index in [0.717, 1.165) is 57.3 Å². The van der Waals surface area contributed by atoms with Crippen LogP contribution in [0, 0.1) is 0 Å². The fraction of sp³-hybridized carbons (Fsp3) is 0.133. The van der Waals surface area contributed by atoms with Crippen molar-refractivity contribution >= 4 is 27.6 Å². The van der Waals surface area contributed by atoms with Crippen LogP contribution < -0.4 is 9.47 Å². The maximum Gasteiger partial charge on any atom is 0.335 e. The highest BCUT2D eigenvalue weighted by atomic mass is 16.5. The van der Waals surface area contributed by atoms with Crippen molar-refractivity contribution in [3.8, 4) is 11.5 Å². The smallest absolute Gasteiger partial charge is 0.335 e. The topological polar surface area (TPSA) is 68.7 Å². The van der Waals surface area contributed by atoms with Gasteiger partial charge in [0.15, 0.2) is 0 Å². The van der Waals surface area contributed by atoms with Gasteiger partial charge in [0, 0.05) is 5.39 Å². The molecule has 0 fully saturated rings. The summed E-state index contributed by atoms with van der Waals surface area (Å²) >= 11 is 0. The van der Waals surface area contributed by atoms with Crippen LogP contribution in [0.2, 0.25) is 0 Å². The molecule has 5 aromatic rings.